The van der Waals surface area contributed by atoms with Crippen LogP contribution in [0.15, 0.2) is 0 Å². The fraction of sp³-hybridized carbons (Fsp3) is 0.929. The SMILES string of the molecule is CCOC(=O)C(N)C1CCC(C(C)(C)C)CC1. The molecule has 0 amide bonds. The Hall–Kier alpha value is -0.570. The zero-order valence-corrected chi connectivity index (χ0v) is 11.7. The lowest BCUT2D eigenvalue weighted by atomic mass is 9.68. The molecule has 3 nitrogen and oxygen atoms in total. The van der Waals surface area contributed by atoms with E-state index in [0.717, 1.165) is 18.8 Å². The van der Waals surface area contributed by atoms with Crippen LogP contribution >= 0.6 is 0 Å². The lowest BCUT2D eigenvalue weighted by molar-refractivity contribution is -0.146. The molecule has 1 aliphatic carbocycles. The number of rotatable bonds is 3. The standard InChI is InChI=1S/C14H27NO2/c1-5-17-13(16)12(15)10-6-8-11(9-7-10)14(2,3)4/h10-12H,5-9,15H2,1-4H3. The van der Waals surface area contributed by atoms with Crippen molar-refractivity contribution in [3.63, 3.8) is 0 Å². The van der Waals surface area contributed by atoms with Crippen LogP contribution in [0.2, 0.25) is 0 Å². The van der Waals surface area contributed by atoms with Crippen molar-refractivity contribution in [3.05, 3.63) is 0 Å². The minimum absolute atomic E-state index is 0.230. The van der Waals surface area contributed by atoms with E-state index in [9.17, 15) is 4.79 Å². The first-order chi connectivity index (χ1) is 7.86. The van der Waals surface area contributed by atoms with E-state index in [2.05, 4.69) is 20.8 Å². The fourth-order valence-corrected chi connectivity index (χ4v) is 2.78. The highest BCUT2D eigenvalue weighted by atomic mass is 16.5. The molecule has 0 aromatic carbocycles. The highest BCUT2D eigenvalue weighted by Crippen LogP contribution is 2.40. The quantitative estimate of drug-likeness (QED) is 0.773. The molecule has 0 aliphatic heterocycles. The van der Waals surface area contributed by atoms with E-state index >= 15 is 0 Å². The molecule has 0 aromatic heterocycles. The zero-order chi connectivity index (χ0) is 13.1. The molecular formula is C14H27NO2. The minimum atomic E-state index is -0.420. The Balaban J connectivity index is 2.44. The fourth-order valence-electron chi connectivity index (χ4n) is 2.78. The molecule has 100 valence electrons. The molecular weight excluding hydrogens is 214 g/mol. The van der Waals surface area contributed by atoms with Crippen LogP contribution in [0.5, 0.6) is 0 Å². The summed E-state index contributed by atoms with van der Waals surface area (Å²) >= 11 is 0. The van der Waals surface area contributed by atoms with Crippen molar-refractivity contribution in [1.29, 1.82) is 0 Å². The normalized spacial score (nSPS) is 27.6. The van der Waals surface area contributed by atoms with Gasteiger partial charge in [0, 0.05) is 0 Å². The first kappa shape index (κ1) is 14.5. The number of hydrogen-bond acceptors (Lipinski definition) is 3. The summed E-state index contributed by atoms with van der Waals surface area (Å²) in [6.07, 6.45) is 4.48. The van der Waals surface area contributed by atoms with Crippen LogP contribution in [-0.2, 0) is 9.53 Å². The highest BCUT2D eigenvalue weighted by Gasteiger charge is 2.34. The van der Waals surface area contributed by atoms with Crippen LogP contribution in [-0.4, -0.2) is 18.6 Å². The third-order valence-electron chi connectivity index (χ3n) is 4.06. The summed E-state index contributed by atoms with van der Waals surface area (Å²) in [4.78, 5) is 11.6. The molecule has 0 radical (unpaired) electrons. The average molecular weight is 241 g/mol. The van der Waals surface area contributed by atoms with Crippen molar-refractivity contribution in [2.24, 2.45) is 23.0 Å². The van der Waals surface area contributed by atoms with E-state index in [1.807, 2.05) is 6.92 Å². The second kappa shape index (κ2) is 5.85. The van der Waals surface area contributed by atoms with E-state index in [1.165, 1.54) is 12.8 Å². The van der Waals surface area contributed by atoms with Crippen molar-refractivity contribution < 1.29 is 9.53 Å². The maximum Gasteiger partial charge on any atom is 0.323 e. The van der Waals surface area contributed by atoms with Gasteiger partial charge in [0.2, 0.25) is 0 Å². The molecule has 1 unspecified atom stereocenters. The Morgan fingerprint density at radius 3 is 2.24 bits per heavy atom. The second-order valence-corrected chi connectivity index (χ2v) is 6.26. The van der Waals surface area contributed by atoms with Gasteiger partial charge in [-0.25, -0.2) is 0 Å². The summed E-state index contributed by atoms with van der Waals surface area (Å²) in [5, 5.41) is 0. The Bertz CT molecular complexity index is 249. The lowest BCUT2D eigenvalue weighted by Crippen LogP contribution is -2.42. The van der Waals surface area contributed by atoms with Gasteiger partial charge in [0.05, 0.1) is 6.61 Å². The molecule has 1 atom stereocenters. The maximum absolute atomic E-state index is 11.6. The van der Waals surface area contributed by atoms with Crippen molar-refractivity contribution in [2.75, 3.05) is 6.61 Å². The Kier molecular flexibility index (Phi) is 4.99. The summed E-state index contributed by atoms with van der Waals surface area (Å²) in [5.41, 5.74) is 6.33. The van der Waals surface area contributed by atoms with Crippen LogP contribution in [0.1, 0.15) is 53.4 Å². The average Bonchev–Trinajstić information content (AvgIpc) is 2.27. The van der Waals surface area contributed by atoms with Crippen LogP contribution in [0.3, 0.4) is 0 Å². The van der Waals surface area contributed by atoms with Crippen molar-refractivity contribution in [1.82, 2.24) is 0 Å². The first-order valence-corrected chi connectivity index (χ1v) is 6.78. The lowest BCUT2D eigenvalue weighted by Gasteiger charge is -2.38. The van der Waals surface area contributed by atoms with Gasteiger partial charge in [0.1, 0.15) is 6.04 Å². The molecule has 17 heavy (non-hydrogen) atoms. The van der Waals surface area contributed by atoms with Gasteiger partial charge < -0.3 is 10.5 Å². The molecule has 0 saturated heterocycles. The molecule has 0 aromatic rings. The van der Waals surface area contributed by atoms with E-state index < -0.39 is 6.04 Å². The zero-order valence-electron chi connectivity index (χ0n) is 11.7. The topological polar surface area (TPSA) is 52.3 Å². The number of esters is 1. The number of ether oxygens (including phenoxy) is 1. The Morgan fingerprint density at radius 2 is 1.82 bits per heavy atom. The summed E-state index contributed by atoms with van der Waals surface area (Å²) < 4.78 is 4.99. The van der Waals surface area contributed by atoms with Crippen LogP contribution < -0.4 is 5.73 Å². The van der Waals surface area contributed by atoms with E-state index in [0.29, 0.717) is 17.9 Å². The molecule has 1 rings (SSSR count). The van der Waals surface area contributed by atoms with Crippen molar-refractivity contribution in [2.45, 2.75) is 59.4 Å². The first-order valence-electron chi connectivity index (χ1n) is 6.78. The van der Waals surface area contributed by atoms with Crippen LogP contribution in [0.4, 0.5) is 0 Å². The summed E-state index contributed by atoms with van der Waals surface area (Å²) in [7, 11) is 0. The Labute approximate surface area is 105 Å². The minimum Gasteiger partial charge on any atom is -0.465 e. The molecule has 0 heterocycles. The third-order valence-corrected chi connectivity index (χ3v) is 4.06. The van der Waals surface area contributed by atoms with E-state index in [-0.39, 0.29) is 5.97 Å². The van der Waals surface area contributed by atoms with Gasteiger partial charge in [-0.1, -0.05) is 20.8 Å². The third kappa shape index (κ3) is 3.98. The summed E-state index contributed by atoms with van der Waals surface area (Å²) in [5.74, 6) is 0.840. The number of hydrogen-bond donors (Lipinski definition) is 1. The predicted molar refractivity (Wildman–Crippen MR) is 69.5 cm³/mol. The molecule has 1 fully saturated rings. The van der Waals surface area contributed by atoms with E-state index in [1.54, 1.807) is 0 Å². The predicted octanol–water partition coefficient (Wildman–Crippen LogP) is 2.73. The number of nitrogens with two attached hydrogens (primary N) is 1. The van der Waals surface area contributed by atoms with Gasteiger partial charge in [-0.15, -0.1) is 0 Å². The van der Waals surface area contributed by atoms with Gasteiger partial charge in [0.25, 0.3) is 0 Å². The van der Waals surface area contributed by atoms with Gasteiger partial charge in [0.15, 0.2) is 0 Å². The molecule has 1 saturated carbocycles. The van der Waals surface area contributed by atoms with Gasteiger partial charge in [-0.3, -0.25) is 4.79 Å². The number of carbonyl (C=O) groups is 1. The van der Waals surface area contributed by atoms with Gasteiger partial charge >= 0.3 is 5.97 Å². The Morgan fingerprint density at radius 1 is 1.29 bits per heavy atom. The van der Waals surface area contributed by atoms with Gasteiger partial charge in [-0.2, -0.15) is 0 Å². The largest absolute Gasteiger partial charge is 0.465 e. The molecule has 1 aliphatic rings. The maximum atomic E-state index is 11.6. The summed E-state index contributed by atoms with van der Waals surface area (Å²) in [6, 6.07) is -0.420. The smallest absolute Gasteiger partial charge is 0.323 e. The molecule has 3 heteroatoms. The number of carbonyl (C=O) groups excluding carboxylic acids is 1. The monoisotopic (exact) mass is 241 g/mol. The van der Waals surface area contributed by atoms with Gasteiger partial charge in [-0.05, 0) is 49.9 Å². The van der Waals surface area contributed by atoms with Crippen molar-refractivity contribution in [3.8, 4) is 0 Å². The molecule has 2 N–H and O–H groups in total. The molecule has 0 bridgehead atoms. The highest BCUT2D eigenvalue weighted by molar-refractivity contribution is 5.75. The van der Waals surface area contributed by atoms with E-state index in [4.69, 9.17) is 10.5 Å². The van der Waals surface area contributed by atoms with Crippen LogP contribution in [0.25, 0.3) is 0 Å². The van der Waals surface area contributed by atoms with Crippen molar-refractivity contribution >= 4 is 5.97 Å². The summed E-state index contributed by atoms with van der Waals surface area (Å²) in [6.45, 7) is 9.13. The second-order valence-electron chi connectivity index (χ2n) is 6.26. The molecule has 0 spiro atoms. The van der Waals surface area contributed by atoms with Crippen LogP contribution in [0, 0.1) is 17.3 Å².